The smallest absolute Gasteiger partial charge is 0.306 e. The van der Waals surface area contributed by atoms with Crippen molar-refractivity contribution in [3.8, 4) is 0 Å². The lowest BCUT2D eigenvalue weighted by molar-refractivity contribution is -0.150. The van der Waals surface area contributed by atoms with Gasteiger partial charge in [-0.2, -0.15) is 23.5 Å². The van der Waals surface area contributed by atoms with Crippen molar-refractivity contribution in [1.82, 2.24) is 4.90 Å². The number of ether oxygens (including phenoxy) is 3. The number of esters is 3. The van der Waals surface area contributed by atoms with Gasteiger partial charge in [0.05, 0.1) is 0 Å². The third kappa shape index (κ3) is 31.8. The molecule has 2 saturated carbocycles. The van der Waals surface area contributed by atoms with Crippen molar-refractivity contribution in [2.24, 2.45) is 11.8 Å². The van der Waals surface area contributed by atoms with Crippen molar-refractivity contribution < 1.29 is 28.6 Å². The number of carbonyl (C=O) groups is 3. The first kappa shape index (κ1) is 55.2. The second kappa shape index (κ2) is 38.5. The topological polar surface area (TPSA) is 82.1 Å². The van der Waals surface area contributed by atoms with Crippen LogP contribution >= 0.6 is 23.5 Å². The Hall–Kier alpha value is -0.930. The lowest BCUT2D eigenvalue weighted by Crippen LogP contribution is -2.22. The fraction of sp³-hybridized carbons (Fsp3) is 0.941. The molecule has 0 N–H and O–H groups in total. The van der Waals surface area contributed by atoms with Crippen LogP contribution in [0.2, 0.25) is 0 Å². The summed E-state index contributed by atoms with van der Waals surface area (Å²) in [6, 6.07) is 0. The second-order valence-corrected chi connectivity index (χ2v) is 21.2. The van der Waals surface area contributed by atoms with E-state index in [1.807, 2.05) is 37.6 Å². The number of hydrogen-bond donors (Lipinski definition) is 0. The number of unbranched alkanes of at least 4 members (excludes halogenated alkanes) is 10. The molecule has 9 heteroatoms. The molecule has 0 spiro atoms. The Morgan fingerprint density at radius 3 is 1.30 bits per heavy atom. The van der Waals surface area contributed by atoms with Crippen molar-refractivity contribution in [3.05, 3.63) is 0 Å². The molecule has 0 aromatic rings. The average Bonchev–Trinajstić information content (AvgIpc) is 3.24. The van der Waals surface area contributed by atoms with Gasteiger partial charge in [-0.15, -0.1) is 0 Å². The van der Waals surface area contributed by atoms with Crippen molar-refractivity contribution >= 4 is 41.4 Å². The minimum Gasteiger partial charge on any atom is -0.462 e. The standard InChI is InChI=1S/C51H95NO6S2/c1-5-7-9-21-32-49(53)57-47(37-35-44-26-15-11-16-27-44)42-59-40-23-13-19-30-46(56-51(55)34-25-39-52(3)4)31-20-14-24-41-60-43-48(38-36-45-28-17-12-18-29-45)58-50(54)33-22-10-8-6-2/h44-48H,5-43H2,1-4H3. The van der Waals surface area contributed by atoms with Gasteiger partial charge in [0.25, 0.3) is 0 Å². The van der Waals surface area contributed by atoms with Crippen LogP contribution in [0.15, 0.2) is 0 Å². The first-order valence-electron chi connectivity index (χ1n) is 25.7. The molecule has 0 radical (unpaired) electrons. The zero-order chi connectivity index (χ0) is 43.3. The van der Waals surface area contributed by atoms with E-state index in [0.29, 0.717) is 19.3 Å². The van der Waals surface area contributed by atoms with Gasteiger partial charge in [0, 0.05) is 30.8 Å². The molecule has 0 bridgehead atoms. The van der Waals surface area contributed by atoms with Gasteiger partial charge >= 0.3 is 17.9 Å². The van der Waals surface area contributed by atoms with Crippen molar-refractivity contribution in [2.45, 2.75) is 250 Å². The zero-order valence-corrected chi connectivity index (χ0v) is 41.3. The highest BCUT2D eigenvalue weighted by Gasteiger charge is 2.21. The first-order valence-corrected chi connectivity index (χ1v) is 28.0. The van der Waals surface area contributed by atoms with Crippen LogP contribution in [-0.4, -0.2) is 84.8 Å². The molecular formula is C51H95NO6S2. The maximum Gasteiger partial charge on any atom is 0.306 e. The van der Waals surface area contributed by atoms with Crippen molar-refractivity contribution in [2.75, 3.05) is 43.7 Å². The third-order valence-corrected chi connectivity index (χ3v) is 15.2. The predicted molar refractivity (Wildman–Crippen MR) is 258 cm³/mol. The SMILES string of the molecule is CCCCCCC(=O)OC(CCC1CCCCC1)CSCCCCCC(CCCCCSCC(CCC1CCCCC1)OC(=O)CCCCCC)OC(=O)CCCN(C)C. The van der Waals surface area contributed by atoms with Gasteiger partial charge in [0.1, 0.15) is 18.3 Å². The van der Waals surface area contributed by atoms with Gasteiger partial charge in [-0.3, -0.25) is 14.4 Å². The summed E-state index contributed by atoms with van der Waals surface area (Å²) in [6.07, 6.45) is 37.9. The molecule has 2 rings (SSSR count). The molecule has 2 aliphatic rings. The number of rotatable bonds is 39. The van der Waals surface area contributed by atoms with Gasteiger partial charge in [-0.05, 0) is 127 Å². The number of hydrogen-bond acceptors (Lipinski definition) is 9. The Kier molecular flexibility index (Phi) is 35.4. The van der Waals surface area contributed by atoms with E-state index in [9.17, 15) is 14.4 Å². The predicted octanol–water partition coefficient (Wildman–Crippen LogP) is 14.3. The molecule has 0 heterocycles. The Labute approximate surface area is 379 Å². The van der Waals surface area contributed by atoms with E-state index in [1.165, 1.54) is 103 Å². The highest BCUT2D eigenvalue weighted by Crippen LogP contribution is 2.30. The number of nitrogens with zero attached hydrogens (tertiary/aromatic N) is 1. The van der Waals surface area contributed by atoms with E-state index in [2.05, 4.69) is 18.7 Å². The largest absolute Gasteiger partial charge is 0.462 e. The Balaban J connectivity index is 1.73. The normalized spacial score (nSPS) is 16.8. The summed E-state index contributed by atoms with van der Waals surface area (Å²) >= 11 is 3.90. The summed E-state index contributed by atoms with van der Waals surface area (Å²) in [5, 5.41) is 0. The van der Waals surface area contributed by atoms with Crippen LogP contribution in [0.25, 0.3) is 0 Å². The lowest BCUT2D eigenvalue weighted by Gasteiger charge is -2.24. The highest BCUT2D eigenvalue weighted by atomic mass is 32.2. The van der Waals surface area contributed by atoms with Gasteiger partial charge in [-0.1, -0.05) is 129 Å². The summed E-state index contributed by atoms with van der Waals surface area (Å²) in [5.41, 5.74) is 0. The van der Waals surface area contributed by atoms with Crippen molar-refractivity contribution in [3.63, 3.8) is 0 Å². The molecule has 0 saturated heterocycles. The molecule has 0 amide bonds. The zero-order valence-electron chi connectivity index (χ0n) is 39.7. The molecule has 2 unspecified atom stereocenters. The maximum atomic E-state index is 12.8. The van der Waals surface area contributed by atoms with Crippen LogP contribution in [-0.2, 0) is 28.6 Å². The molecule has 7 nitrogen and oxygen atoms in total. The number of thioether (sulfide) groups is 2. The Morgan fingerprint density at radius 1 is 0.483 bits per heavy atom. The van der Waals surface area contributed by atoms with Gasteiger partial charge < -0.3 is 19.1 Å². The van der Waals surface area contributed by atoms with E-state index >= 15 is 0 Å². The maximum absolute atomic E-state index is 12.8. The molecule has 2 atom stereocenters. The molecule has 60 heavy (non-hydrogen) atoms. The van der Waals surface area contributed by atoms with Crippen LogP contribution in [0.1, 0.15) is 232 Å². The van der Waals surface area contributed by atoms with Crippen LogP contribution in [0.4, 0.5) is 0 Å². The minimum absolute atomic E-state index is 0.000949. The summed E-state index contributed by atoms with van der Waals surface area (Å²) in [7, 11) is 4.09. The highest BCUT2D eigenvalue weighted by molar-refractivity contribution is 7.99. The molecule has 0 aromatic heterocycles. The Morgan fingerprint density at radius 2 is 0.883 bits per heavy atom. The third-order valence-electron chi connectivity index (χ3n) is 12.8. The summed E-state index contributed by atoms with van der Waals surface area (Å²) in [6.45, 7) is 5.30. The van der Waals surface area contributed by atoms with E-state index in [-0.39, 0.29) is 36.2 Å². The summed E-state index contributed by atoms with van der Waals surface area (Å²) in [5.74, 6) is 5.55. The van der Waals surface area contributed by atoms with E-state index in [1.54, 1.807) is 0 Å². The molecule has 352 valence electrons. The molecule has 2 aliphatic carbocycles. The van der Waals surface area contributed by atoms with E-state index in [4.69, 9.17) is 14.2 Å². The fourth-order valence-electron chi connectivity index (χ4n) is 9.01. The van der Waals surface area contributed by atoms with E-state index < -0.39 is 0 Å². The first-order chi connectivity index (χ1) is 29.3. The minimum atomic E-state index is -0.0497. The van der Waals surface area contributed by atoms with Gasteiger partial charge in [-0.25, -0.2) is 0 Å². The average molecular weight is 882 g/mol. The summed E-state index contributed by atoms with van der Waals surface area (Å²) < 4.78 is 18.2. The fourth-order valence-corrected chi connectivity index (χ4v) is 11.2. The van der Waals surface area contributed by atoms with E-state index in [0.717, 1.165) is 138 Å². The van der Waals surface area contributed by atoms with Crippen LogP contribution in [0.5, 0.6) is 0 Å². The van der Waals surface area contributed by atoms with Crippen molar-refractivity contribution in [1.29, 1.82) is 0 Å². The monoisotopic (exact) mass is 882 g/mol. The van der Waals surface area contributed by atoms with Crippen LogP contribution < -0.4 is 0 Å². The van der Waals surface area contributed by atoms with Gasteiger partial charge in [0.15, 0.2) is 0 Å². The Bertz CT molecular complexity index is 967. The molecular weight excluding hydrogens is 787 g/mol. The number of carbonyl (C=O) groups excluding carboxylic acids is 3. The molecule has 2 fully saturated rings. The second-order valence-electron chi connectivity index (χ2n) is 18.9. The van der Waals surface area contributed by atoms with Crippen LogP contribution in [0.3, 0.4) is 0 Å². The molecule has 0 aromatic carbocycles. The lowest BCUT2D eigenvalue weighted by atomic mass is 9.85. The quantitative estimate of drug-likeness (QED) is 0.0340. The summed E-state index contributed by atoms with van der Waals surface area (Å²) in [4.78, 5) is 40.3. The van der Waals surface area contributed by atoms with Gasteiger partial charge in [0.2, 0.25) is 0 Å². The molecule has 0 aliphatic heterocycles. The van der Waals surface area contributed by atoms with Crippen LogP contribution in [0, 0.1) is 11.8 Å².